The maximum Gasteiger partial charge on any atom is 0.124 e. The highest BCUT2D eigenvalue weighted by molar-refractivity contribution is 7.87. The number of fused-ring (bicyclic) bond motifs is 18. The monoisotopic (exact) mass is 1770 g/mol. The molecule has 0 spiro atoms. The molecule has 3 aliphatic heterocycles. The number of aryl methyl sites for hydroxylation is 6. The lowest BCUT2D eigenvalue weighted by atomic mass is 10.1. The van der Waals surface area contributed by atoms with Crippen LogP contribution in [0.1, 0.15) is 66.8 Å². The standard InChI is InChI=1S/C36H54N8.6C7H8O3S.8H2O/c1-4-31-22-32(5-1)26-38-11-17-44-19-13-40-28-34-7-2-6-33(23-34)27-39-12-18-43(16-10-37-25-31)20-14-41-29-35-8-3-9-36(24-35)30-42-15-21-44;6*1-6-2-4-7(5-3-6)11(8,9)10;;;;;;;;/h1-9,22-24,37-42H,10-21,25-30H2;6*2-5H,1H3,(H,8,9,10);8*1H2. The van der Waals surface area contributed by atoms with Gasteiger partial charge in [0.25, 0.3) is 0 Å². The minimum absolute atomic E-state index is 0. The van der Waals surface area contributed by atoms with Crippen molar-refractivity contribution >= 4 is 60.7 Å². The molecule has 0 atom stereocenters. The molecule has 8 bridgehead atoms. The van der Waals surface area contributed by atoms with Gasteiger partial charge in [-0.15, -0.1) is 0 Å². The average Bonchev–Trinajstić information content (AvgIpc) is 0.881. The minimum Gasteiger partial charge on any atom is -0.744 e. The first kappa shape index (κ1) is 116. The lowest BCUT2D eigenvalue weighted by Crippen LogP contribution is -2.87. The molecule has 0 fully saturated rings. The molecule has 0 aliphatic carbocycles. The molecule has 0 amide bonds. The van der Waals surface area contributed by atoms with Gasteiger partial charge in [-0.05, 0) is 133 Å². The zero-order valence-corrected chi connectivity index (χ0v) is 71.6. The van der Waals surface area contributed by atoms with Crippen molar-refractivity contribution in [2.75, 3.05) is 78.5 Å². The molecule has 34 nitrogen and oxygen atoms in total. The Kier molecular flexibility index (Phi) is 57.0. The second-order valence-electron chi connectivity index (χ2n) is 26.4. The Labute approximate surface area is 693 Å². The molecule has 118 heavy (non-hydrogen) atoms. The fourth-order valence-electron chi connectivity index (χ4n) is 10.8. The third-order valence-electron chi connectivity index (χ3n) is 17.0. The second-order valence-corrected chi connectivity index (χ2v) is 34.7. The van der Waals surface area contributed by atoms with E-state index < -0.39 is 60.7 Å². The van der Waals surface area contributed by atoms with Gasteiger partial charge < -0.3 is 103 Å². The Hall–Kier alpha value is -8.20. The van der Waals surface area contributed by atoms with Crippen molar-refractivity contribution in [3.05, 3.63) is 285 Å². The molecule has 0 unspecified atom stereocenters. The fourth-order valence-corrected chi connectivity index (χ4v) is 13.6. The van der Waals surface area contributed by atoms with Gasteiger partial charge in [-0.1, -0.05) is 161 Å². The van der Waals surface area contributed by atoms with Crippen LogP contribution in [0.5, 0.6) is 0 Å². The molecular formula is C78H118N8O26S6. The highest BCUT2D eigenvalue weighted by atomic mass is 32.2. The summed E-state index contributed by atoms with van der Waals surface area (Å²) in [6.45, 7) is 31.0. The van der Waals surface area contributed by atoms with Gasteiger partial charge in [-0.25, -0.2) is 50.5 Å². The van der Waals surface area contributed by atoms with Gasteiger partial charge in [0.1, 0.15) is 100.0 Å². The maximum atomic E-state index is 10.4. The number of hydrogen-bond donors (Lipinski definition) is 6. The molecular weight excluding hydrogens is 1660 g/mol. The molecule has 0 saturated carbocycles. The van der Waals surface area contributed by atoms with Gasteiger partial charge in [0.2, 0.25) is 0 Å². The van der Waals surface area contributed by atoms with E-state index in [1.807, 2.05) is 41.5 Å². The summed E-state index contributed by atoms with van der Waals surface area (Å²) in [5, 5.41) is 15.0. The molecule has 3 aliphatic rings. The van der Waals surface area contributed by atoms with E-state index in [1.165, 1.54) is 106 Å². The molecule has 0 aromatic heterocycles. The predicted molar refractivity (Wildman–Crippen MR) is 439 cm³/mol. The molecule has 12 rings (SSSR count). The summed E-state index contributed by atoms with van der Waals surface area (Å²) in [6.07, 6.45) is 0. The number of nitrogens with zero attached hydrogens (tertiary/aromatic N) is 2. The number of rotatable bonds is 6. The van der Waals surface area contributed by atoms with E-state index in [0.29, 0.717) is 0 Å². The van der Waals surface area contributed by atoms with Crippen LogP contribution < -0.4 is 31.9 Å². The number of hydrogen-bond acceptors (Lipinski definition) is 20. The molecule has 662 valence electrons. The smallest absolute Gasteiger partial charge is 0.124 e. The summed E-state index contributed by atoms with van der Waals surface area (Å²) in [4.78, 5) is 4.31. The van der Waals surface area contributed by atoms with Gasteiger partial charge in [0.15, 0.2) is 0 Å². The van der Waals surface area contributed by atoms with Gasteiger partial charge in [0.05, 0.1) is 68.6 Å². The van der Waals surface area contributed by atoms with Crippen molar-refractivity contribution in [2.24, 2.45) is 0 Å². The number of benzene rings is 9. The Morgan fingerprint density at radius 1 is 0.212 bits per heavy atom. The van der Waals surface area contributed by atoms with Crippen molar-refractivity contribution in [1.29, 1.82) is 0 Å². The molecule has 9 aromatic carbocycles. The van der Waals surface area contributed by atoms with Crippen LogP contribution in [0.3, 0.4) is 0 Å². The van der Waals surface area contributed by atoms with E-state index in [2.05, 4.69) is 114 Å². The van der Waals surface area contributed by atoms with Crippen LogP contribution in [0.15, 0.2) is 248 Å². The predicted octanol–water partition coefficient (Wildman–Crippen LogP) is -5.10. The second kappa shape index (κ2) is 57.9. The SMILES string of the molecule is Cc1ccc(S(=O)(=O)[O-])cc1.Cc1ccc(S(=O)(=O)[O-])cc1.Cc1ccc(S(=O)(=O)[O-])cc1.Cc1ccc(S(=O)(=O)[O-])cc1.Cc1ccc(S(=O)(=O)[O-])cc1.Cc1ccc(S(=O)(=O)[O-])cc1.O.O.O.O.O.O.O.O.c1cc2cc(c1)C[NH2+]CCN1CC[NH2+]Cc3cccc(c3)C[NH2+]CCN(CC[NH2+]C2)CC[NH2+]Cc2cccc(c2)C[NH2+]CC1. The van der Waals surface area contributed by atoms with Crippen LogP contribution in [-0.4, -0.2) is 210 Å². The first-order valence-corrected chi connectivity index (χ1v) is 44.0. The zero-order chi connectivity index (χ0) is 81.0. The maximum absolute atomic E-state index is 10.4. The van der Waals surface area contributed by atoms with Crippen LogP contribution >= 0.6 is 0 Å². The summed E-state index contributed by atoms with van der Waals surface area (Å²) in [6, 6.07) is 62.5. The van der Waals surface area contributed by atoms with Crippen molar-refractivity contribution in [3.63, 3.8) is 0 Å². The first-order valence-electron chi connectivity index (χ1n) is 35.5. The molecule has 40 heteroatoms. The summed E-state index contributed by atoms with van der Waals surface area (Å²) in [5.41, 5.74) is 14.3. The molecule has 0 saturated heterocycles. The van der Waals surface area contributed by atoms with E-state index >= 15 is 0 Å². The quantitative estimate of drug-likeness (QED) is 0.0848. The Balaban J connectivity index is -0.000000721. The Bertz CT molecular complexity index is 4200. The first-order chi connectivity index (χ1) is 51.8. The van der Waals surface area contributed by atoms with E-state index in [0.717, 1.165) is 151 Å². The zero-order valence-electron chi connectivity index (χ0n) is 66.7. The van der Waals surface area contributed by atoms with Gasteiger partial charge in [-0.2, -0.15) is 0 Å². The molecule has 0 radical (unpaired) electrons. The Morgan fingerprint density at radius 3 is 0.441 bits per heavy atom. The van der Waals surface area contributed by atoms with Crippen LogP contribution in [0.4, 0.5) is 0 Å². The number of nitrogens with two attached hydrogens (primary N) is 6. The van der Waals surface area contributed by atoms with E-state index in [9.17, 15) is 77.8 Å². The molecule has 3 heterocycles. The third-order valence-corrected chi connectivity index (χ3v) is 22.1. The normalized spacial score (nSPS) is 14.8. The van der Waals surface area contributed by atoms with E-state index in [4.69, 9.17) is 0 Å². The van der Waals surface area contributed by atoms with E-state index in [1.54, 1.807) is 72.8 Å². The highest BCUT2D eigenvalue weighted by Gasteiger charge is 2.14. The van der Waals surface area contributed by atoms with E-state index in [-0.39, 0.29) is 73.2 Å². The van der Waals surface area contributed by atoms with Crippen molar-refractivity contribution in [1.82, 2.24) is 9.80 Å². The van der Waals surface area contributed by atoms with Crippen LogP contribution in [0.2, 0.25) is 0 Å². The largest absolute Gasteiger partial charge is 0.744 e. The molecule has 9 aromatic rings. The summed E-state index contributed by atoms with van der Waals surface area (Å²) < 4.78 is 187. The van der Waals surface area contributed by atoms with Crippen LogP contribution in [0.25, 0.3) is 0 Å². The molecule has 28 N–H and O–H groups in total. The van der Waals surface area contributed by atoms with Crippen molar-refractivity contribution in [2.45, 2.75) is 110 Å². The average molecular weight is 1780 g/mol. The summed E-state index contributed by atoms with van der Waals surface area (Å²) >= 11 is 0. The third kappa shape index (κ3) is 48.2. The van der Waals surface area contributed by atoms with Crippen molar-refractivity contribution in [3.8, 4) is 0 Å². The fraction of sp³-hybridized carbons (Fsp3) is 0.308. The van der Waals surface area contributed by atoms with Gasteiger partial charge in [0, 0.05) is 72.6 Å². The lowest BCUT2D eigenvalue weighted by molar-refractivity contribution is -0.679. The van der Waals surface area contributed by atoms with Gasteiger partial charge >= 0.3 is 0 Å². The topological polar surface area (TPSA) is 701 Å². The number of quaternary nitrogens is 6. The van der Waals surface area contributed by atoms with Crippen LogP contribution in [-0.2, 0) is 100.0 Å². The summed E-state index contributed by atoms with van der Waals surface area (Å²) in [7, 11) is -25.6. The highest BCUT2D eigenvalue weighted by Crippen LogP contribution is 2.15. The van der Waals surface area contributed by atoms with Crippen LogP contribution in [0, 0.1) is 41.5 Å². The summed E-state index contributed by atoms with van der Waals surface area (Å²) in [5.74, 6) is 0. The Morgan fingerprint density at radius 2 is 0.331 bits per heavy atom. The lowest BCUT2D eigenvalue weighted by Gasteiger charge is -2.21. The minimum atomic E-state index is -4.27. The van der Waals surface area contributed by atoms with Crippen molar-refractivity contribution < 1.29 is 154 Å². The van der Waals surface area contributed by atoms with Gasteiger partial charge in [-0.3, -0.25) is 9.80 Å².